The zero-order chi connectivity index (χ0) is 12.3. The van der Waals surface area contributed by atoms with E-state index in [-0.39, 0.29) is 0 Å². The van der Waals surface area contributed by atoms with Crippen LogP contribution in [0.4, 0.5) is 0 Å². The van der Waals surface area contributed by atoms with E-state index < -0.39 is 7.87 Å². The SMILES string of the molecule is CN(C)[P+](N(C)C)(N(C)C)N1CCOCC1. The number of morpholine rings is 1. The van der Waals surface area contributed by atoms with Crippen LogP contribution in [0, 0.1) is 0 Å². The van der Waals surface area contributed by atoms with Crippen LogP contribution in [0.3, 0.4) is 0 Å². The molecule has 96 valence electrons. The molecule has 0 N–H and O–H groups in total. The van der Waals surface area contributed by atoms with Crippen LogP contribution in [0.15, 0.2) is 0 Å². The first kappa shape index (κ1) is 14.3. The monoisotopic (exact) mass is 249 g/mol. The molecule has 0 unspecified atom stereocenters. The molecule has 0 aliphatic carbocycles. The van der Waals surface area contributed by atoms with Crippen molar-refractivity contribution in [1.82, 2.24) is 18.7 Å². The van der Waals surface area contributed by atoms with Gasteiger partial charge < -0.3 is 4.74 Å². The topological polar surface area (TPSA) is 22.2 Å². The van der Waals surface area contributed by atoms with Crippen molar-refractivity contribution in [1.29, 1.82) is 0 Å². The summed E-state index contributed by atoms with van der Waals surface area (Å²) in [6.07, 6.45) is 0. The molecule has 0 saturated carbocycles. The highest BCUT2D eigenvalue weighted by Gasteiger charge is 2.54. The first-order valence-electron chi connectivity index (χ1n) is 5.69. The molecule has 1 rings (SSSR count). The lowest BCUT2D eigenvalue weighted by Gasteiger charge is -2.46. The Bertz CT molecular complexity index is 195. The van der Waals surface area contributed by atoms with Gasteiger partial charge in [0, 0.05) is 42.3 Å². The molecule has 1 fully saturated rings. The van der Waals surface area contributed by atoms with Crippen molar-refractivity contribution in [2.75, 3.05) is 68.6 Å². The van der Waals surface area contributed by atoms with E-state index in [4.69, 9.17) is 4.74 Å². The molecule has 6 heteroatoms. The number of ether oxygens (including phenoxy) is 1. The molecule has 16 heavy (non-hydrogen) atoms. The molecular weight excluding hydrogens is 223 g/mol. The van der Waals surface area contributed by atoms with Crippen LogP contribution in [0.5, 0.6) is 0 Å². The highest BCUT2D eigenvalue weighted by Crippen LogP contribution is 2.66. The fourth-order valence-corrected chi connectivity index (χ4v) is 7.02. The van der Waals surface area contributed by atoms with Crippen LogP contribution < -0.4 is 0 Å². The van der Waals surface area contributed by atoms with E-state index in [9.17, 15) is 0 Å². The third kappa shape index (κ3) is 2.40. The molecule has 5 nitrogen and oxygen atoms in total. The number of hydrogen-bond donors (Lipinski definition) is 0. The molecule has 1 saturated heterocycles. The van der Waals surface area contributed by atoms with Gasteiger partial charge in [0.25, 0.3) is 0 Å². The molecule has 0 amide bonds. The smallest absolute Gasteiger partial charge is 0.307 e. The standard InChI is InChI=1S/C10H26N4OP/c1-11(2)16(12(3)4,13(5)6)14-7-9-15-10-8-14/h7-10H2,1-6H3/q+1. The largest absolute Gasteiger partial charge is 0.378 e. The van der Waals surface area contributed by atoms with Crippen LogP contribution in [-0.2, 0) is 4.74 Å². The molecule has 0 aromatic rings. The first-order chi connectivity index (χ1) is 7.44. The summed E-state index contributed by atoms with van der Waals surface area (Å²) in [6.45, 7) is 3.72. The third-order valence-electron chi connectivity index (χ3n) is 2.98. The summed E-state index contributed by atoms with van der Waals surface area (Å²) in [5.41, 5.74) is 0. The second-order valence-corrected chi connectivity index (χ2v) is 8.68. The maximum absolute atomic E-state index is 5.45. The molecule has 1 heterocycles. The Hall–Kier alpha value is 0.230. The lowest BCUT2D eigenvalue weighted by Crippen LogP contribution is -2.50. The molecule has 1 aliphatic rings. The van der Waals surface area contributed by atoms with E-state index in [2.05, 4.69) is 61.0 Å². The Balaban J connectivity index is 2.99. The lowest BCUT2D eigenvalue weighted by atomic mass is 10.5. The van der Waals surface area contributed by atoms with Crippen LogP contribution in [0.1, 0.15) is 0 Å². The van der Waals surface area contributed by atoms with Gasteiger partial charge in [-0.3, -0.25) is 0 Å². The number of rotatable bonds is 4. The molecule has 0 radical (unpaired) electrons. The van der Waals surface area contributed by atoms with Crippen LogP contribution in [-0.4, -0.2) is 87.3 Å². The molecule has 0 atom stereocenters. The van der Waals surface area contributed by atoms with Crippen molar-refractivity contribution >= 4 is 7.87 Å². The zero-order valence-electron chi connectivity index (χ0n) is 11.5. The highest BCUT2D eigenvalue weighted by molar-refractivity contribution is 7.66. The van der Waals surface area contributed by atoms with E-state index in [1.807, 2.05) is 0 Å². The van der Waals surface area contributed by atoms with Gasteiger partial charge in [0.15, 0.2) is 0 Å². The third-order valence-corrected chi connectivity index (χ3v) is 7.36. The minimum Gasteiger partial charge on any atom is -0.378 e. The van der Waals surface area contributed by atoms with E-state index in [0.29, 0.717) is 0 Å². The Morgan fingerprint density at radius 1 is 0.812 bits per heavy atom. The second-order valence-electron chi connectivity index (χ2n) is 4.64. The summed E-state index contributed by atoms with van der Waals surface area (Å²) in [6, 6.07) is 0. The van der Waals surface area contributed by atoms with Crippen molar-refractivity contribution in [2.24, 2.45) is 0 Å². The van der Waals surface area contributed by atoms with Gasteiger partial charge in [-0.1, -0.05) is 0 Å². The number of nitrogens with zero attached hydrogens (tertiary/aromatic N) is 4. The predicted molar refractivity (Wildman–Crippen MR) is 70.4 cm³/mol. The van der Waals surface area contributed by atoms with Gasteiger partial charge in [-0.2, -0.15) is 0 Å². The van der Waals surface area contributed by atoms with E-state index in [1.165, 1.54) is 0 Å². The zero-order valence-corrected chi connectivity index (χ0v) is 12.4. The number of hydrogen-bond acceptors (Lipinski definition) is 5. The van der Waals surface area contributed by atoms with Crippen molar-refractivity contribution in [3.05, 3.63) is 0 Å². The van der Waals surface area contributed by atoms with Gasteiger partial charge in [-0.05, 0) is 0 Å². The fraction of sp³-hybridized carbons (Fsp3) is 1.00. The summed E-state index contributed by atoms with van der Waals surface area (Å²) in [4.78, 5) is 0. The van der Waals surface area contributed by atoms with Crippen molar-refractivity contribution in [3.8, 4) is 0 Å². The Kier molecular flexibility index (Phi) is 5.10. The fourth-order valence-electron chi connectivity index (χ4n) is 2.65. The second kappa shape index (κ2) is 5.71. The predicted octanol–water partition coefficient (Wildman–Crippen LogP) is 0.681. The van der Waals surface area contributed by atoms with Gasteiger partial charge in [0.2, 0.25) is 0 Å². The average Bonchev–Trinajstić information content (AvgIpc) is 2.18. The van der Waals surface area contributed by atoms with Gasteiger partial charge in [-0.25, -0.2) is 0 Å². The Morgan fingerprint density at radius 2 is 1.19 bits per heavy atom. The van der Waals surface area contributed by atoms with Crippen LogP contribution in [0.25, 0.3) is 0 Å². The summed E-state index contributed by atoms with van der Waals surface area (Å²) < 4.78 is 15.1. The maximum Gasteiger partial charge on any atom is 0.307 e. The van der Waals surface area contributed by atoms with Crippen molar-refractivity contribution < 1.29 is 4.74 Å². The Labute approximate surface area is 100 Å². The molecule has 1 aliphatic heterocycles. The van der Waals surface area contributed by atoms with E-state index in [1.54, 1.807) is 0 Å². The normalized spacial score (nSPS) is 20.1. The lowest BCUT2D eigenvalue weighted by molar-refractivity contribution is 0.0655. The molecule has 0 bridgehead atoms. The van der Waals surface area contributed by atoms with E-state index >= 15 is 0 Å². The van der Waals surface area contributed by atoms with Crippen molar-refractivity contribution in [3.63, 3.8) is 0 Å². The van der Waals surface area contributed by atoms with Gasteiger partial charge in [-0.15, -0.1) is 18.7 Å². The average molecular weight is 249 g/mol. The van der Waals surface area contributed by atoms with E-state index in [0.717, 1.165) is 26.3 Å². The summed E-state index contributed by atoms with van der Waals surface area (Å²) in [5, 5.41) is 0. The molecule has 0 aromatic heterocycles. The minimum atomic E-state index is -1.53. The van der Waals surface area contributed by atoms with Crippen molar-refractivity contribution in [2.45, 2.75) is 0 Å². The molecule has 0 spiro atoms. The summed E-state index contributed by atoms with van der Waals surface area (Å²) in [5.74, 6) is 0. The van der Waals surface area contributed by atoms with Gasteiger partial charge in [0.05, 0.1) is 26.3 Å². The minimum absolute atomic E-state index is 0.845. The van der Waals surface area contributed by atoms with Crippen LogP contribution in [0.2, 0.25) is 0 Å². The van der Waals surface area contributed by atoms with Gasteiger partial charge >= 0.3 is 7.87 Å². The van der Waals surface area contributed by atoms with Crippen LogP contribution >= 0.6 is 7.87 Å². The first-order valence-corrected chi connectivity index (χ1v) is 7.29. The highest BCUT2D eigenvalue weighted by atomic mass is 31.2. The summed E-state index contributed by atoms with van der Waals surface area (Å²) in [7, 11) is 11.5. The molecular formula is C10H26N4OP+. The summed E-state index contributed by atoms with van der Waals surface area (Å²) >= 11 is 0. The quantitative estimate of drug-likeness (QED) is 0.682. The van der Waals surface area contributed by atoms with Gasteiger partial charge in [0.1, 0.15) is 0 Å². The Morgan fingerprint density at radius 3 is 1.50 bits per heavy atom. The maximum atomic E-state index is 5.45. The molecule has 0 aromatic carbocycles.